The number of anilines is 1. The SMILES string of the molecule is CSCC[C@H](NC(=O)[C@@H]1CCCN(S(=O)(=O)c2ccccc2)C1)C(=O)Nc1nccs1. The van der Waals surface area contributed by atoms with E-state index in [1.807, 2.05) is 6.26 Å². The number of carbonyl (C=O) groups excluding carboxylic acids is 2. The molecule has 8 nitrogen and oxygen atoms in total. The number of sulfonamides is 1. The van der Waals surface area contributed by atoms with E-state index in [1.54, 1.807) is 53.7 Å². The summed E-state index contributed by atoms with van der Waals surface area (Å²) in [5.74, 6) is -0.415. The smallest absolute Gasteiger partial charge is 0.248 e. The van der Waals surface area contributed by atoms with E-state index >= 15 is 0 Å². The third-order valence-electron chi connectivity index (χ3n) is 5.04. The van der Waals surface area contributed by atoms with E-state index < -0.39 is 22.0 Å². The molecule has 2 amide bonds. The number of carbonyl (C=O) groups is 2. The third-order valence-corrected chi connectivity index (χ3v) is 8.25. The van der Waals surface area contributed by atoms with Gasteiger partial charge in [0.2, 0.25) is 21.8 Å². The first-order valence-electron chi connectivity index (χ1n) is 9.96. The van der Waals surface area contributed by atoms with Crippen LogP contribution in [0.1, 0.15) is 19.3 Å². The minimum atomic E-state index is -3.66. The maximum atomic E-state index is 13.0. The van der Waals surface area contributed by atoms with Crippen molar-refractivity contribution in [2.45, 2.75) is 30.2 Å². The van der Waals surface area contributed by atoms with Crippen LogP contribution in [0.15, 0.2) is 46.8 Å². The molecule has 0 saturated carbocycles. The number of rotatable bonds is 9. The first-order valence-corrected chi connectivity index (χ1v) is 13.7. The minimum absolute atomic E-state index is 0.104. The van der Waals surface area contributed by atoms with Crippen molar-refractivity contribution in [3.05, 3.63) is 41.9 Å². The van der Waals surface area contributed by atoms with Gasteiger partial charge in [-0.3, -0.25) is 9.59 Å². The maximum Gasteiger partial charge on any atom is 0.248 e. The molecule has 168 valence electrons. The Morgan fingerprint density at radius 3 is 2.77 bits per heavy atom. The molecule has 2 N–H and O–H groups in total. The van der Waals surface area contributed by atoms with E-state index in [-0.39, 0.29) is 23.3 Å². The monoisotopic (exact) mass is 482 g/mol. The second kappa shape index (κ2) is 11.1. The molecular weight excluding hydrogens is 456 g/mol. The van der Waals surface area contributed by atoms with Crippen LogP contribution in [0.25, 0.3) is 0 Å². The highest BCUT2D eigenvalue weighted by Gasteiger charge is 2.34. The summed E-state index contributed by atoms with van der Waals surface area (Å²) in [6.45, 7) is 0.480. The number of hydrogen-bond acceptors (Lipinski definition) is 7. The predicted molar refractivity (Wildman–Crippen MR) is 124 cm³/mol. The summed E-state index contributed by atoms with van der Waals surface area (Å²) >= 11 is 2.89. The summed E-state index contributed by atoms with van der Waals surface area (Å²) < 4.78 is 27.2. The normalized spacial score (nSPS) is 18.3. The van der Waals surface area contributed by atoms with Crippen molar-refractivity contribution in [2.75, 3.05) is 30.4 Å². The van der Waals surface area contributed by atoms with Crippen molar-refractivity contribution in [1.82, 2.24) is 14.6 Å². The third kappa shape index (κ3) is 6.28. The average molecular weight is 483 g/mol. The fourth-order valence-corrected chi connectivity index (χ4v) is 5.94. The van der Waals surface area contributed by atoms with Crippen molar-refractivity contribution in [3.63, 3.8) is 0 Å². The van der Waals surface area contributed by atoms with Crippen LogP contribution >= 0.6 is 23.1 Å². The molecule has 2 atom stereocenters. The lowest BCUT2D eigenvalue weighted by molar-refractivity contribution is -0.130. The minimum Gasteiger partial charge on any atom is -0.344 e. The Morgan fingerprint density at radius 2 is 2.10 bits per heavy atom. The van der Waals surface area contributed by atoms with Gasteiger partial charge in [-0.15, -0.1) is 11.3 Å². The van der Waals surface area contributed by atoms with E-state index in [4.69, 9.17) is 0 Å². The van der Waals surface area contributed by atoms with Gasteiger partial charge in [0.1, 0.15) is 6.04 Å². The Morgan fingerprint density at radius 1 is 1.32 bits per heavy atom. The molecule has 1 aromatic heterocycles. The number of benzene rings is 1. The molecule has 1 saturated heterocycles. The summed E-state index contributed by atoms with van der Waals surface area (Å²) in [7, 11) is -3.66. The van der Waals surface area contributed by atoms with Crippen LogP contribution in [0.3, 0.4) is 0 Å². The zero-order chi connectivity index (χ0) is 22.3. The molecule has 0 spiro atoms. The summed E-state index contributed by atoms with van der Waals surface area (Å²) in [6, 6.07) is 7.53. The first-order chi connectivity index (χ1) is 14.9. The van der Waals surface area contributed by atoms with Gasteiger partial charge < -0.3 is 10.6 Å². The number of thioether (sulfide) groups is 1. The quantitative estimate of drug-likeness (QED) is 0.568. The molecule has 1 aliphatic rings. The summed E-state index contributed by atoms with van der Waals surface area (Å²) in [5.41, 5.74) is 0. The lowest BCUT2D eigenvalue weighted by Crippen LogP contribution is -2.50. The Balaban J connectivity index is 1.66. The van der Waals surface area contributed by atoms with Gasteiger partial charge >= 0.3 is 0 Å². The number of aromatic nitrogens is 1. The highest BCUT2D eigenvalue weighted by molar-refractivity contribution is 7.98. The van der Waals surface area contributed by atoms with Crippen LogP contribution in [0, 0.1) is 5.92 Å². The summed E-state index contributed by atoms with van der Waals surface area (Å²) in [4.78, 5) is 29.9. The van der Waals surface area contributed by atoms with Gasteiger partial charge in [-0.05, 0) is 43.4 Å². The predicted octanol–water partition coefficient (Wildman–Crippen LogP) is 2.42. The van der Waals surface area contributed by atoms with Crippen LogP contribution in [0.4, 0.5) is 5.13 Å². The molecule has 0 aliphatic carbocycles. The second-order valence-electron chi connectivity index (χ2n) is 7.18. The van der Waals surface area contributed by atoms with E-state index in [0.29, 0.717) is 36.7 Å². The molecule has 31 heavy (non-hydrogen) atoms. The lowest BCUT2D eigenvalue weighted by atomic mass is 9.98. The Bertz CT molecular complexity index is 968. The molecule has 1 aliphatic heterocycles. The van der Waals surface area contributed by atoms with Crippen molar-refractivity contribution >= 4 is 50.1 Å². The Kier molecular flexibility index (Phi) is 8.47. The molecule has 2 heterocycles. The van der Waals surface area contributed by atoms with Gasteiger partial charge in [0.25, 0.3) is 0 Å². The number of hydrogen-bond donors (Lipinski definition) is 2. The lowest BCUT2D eigenvalue weighted by Gasteiger charge is -2.32. The van der Waals surface area contributed by atoms with Crippen molar-refractivity contribution in [1.29, 1.82) is 0 Å². The van der Waals surface area contributed by atoms with E-state index in [1.165, 1.54) is 15.6 Å². The molecule has 0 bridgehead atoms. The van der Waals surface area contributed by atoms with Crippen molar-refractivity contribution < 1.29 is 18.0 Å². The largest absolute Gasteiger partial charge is 0.344 e. The summed E-state index contributed by atoms with van der Waals surface area (Å²) in [5, 5.41) is 7.81. The molecule has 0 unspecified atom stereocenters. The fraction of sp³-hybridized carbons (Fsp3) is 0.450. The zero-order valence-electron chi connectivity index (χ0n) is 17.2. The summed E-state index contributed by atoms with van der Waals surface area (Å²) in [6.07, 6.45) is 5.18. The molecule has 3 rings (SSSR count). The molecule has 2 aromatic rings. The maximum absolute atomic E-state index is 13.0. The second-order valence-corrected chi connectivity index (χ2v) is 11.0. The van der Waals surface area contributed by atoms with Gasteiger partial charge in [-0.25, -0.2) is 13.4 Å². The topological polar surface area (TPSA) is 108 Å². The number of piperidine rings is 1. The number of thiazole rings is 1. The van der Waals surface area contributed by atoms with E-state index in [2.05, 4.69) is 15.6 Å². The van der Waals surface area contributed by atoms with Gasteiger partial charge in [0.15, 0.2) is 5.13 Å². The molecular formula is C20H26N4O4S3. The molecule has 0 radical (unpaired) electrons. The van der Waals surface area contributed by atoms with E-state index in [9.17, 15) is 18.0 Å². The van der Waals surface area contributed by atoms with Gasteiger partial charge in [0, 0.05) is 24.7 Å². The number of nitrogens with one attached hydrogen (secondary N) is 2. The van der Waals surface area contributed by atoms with Gasteiger partial charge in [-0.1, -0.05) is 18.2 Å². The number of amides is 2. The van der Waals surface area contributed by atoms with Crippen LogP contribution < -0.4 is 10.6 Å². The van der Waals surface area contributed by atoms with E-state index in [0.717, 1.165) is 0 Å². The molecule has 1 fully saturated rings. The van der Waals surface area contributed by atoms with Gasteiger partial charge in [-0.2, -0.15) is 16.1 Å². The van der Waals surface area contributed by atoms with Crippen molar-refractivity contribution in [2.24, 2.45) is 5.92 Å². The number of nitrogens with zero attached hydrogens (tertiary/aromatic N) is 2. The average Bonchev–Trinajstić information content (AvgIpc) is 3.30. The highest BCUT2D eigenvalue weighted by Crippen LogP contribution is 2.24. The van der Waals surface area contributed by atoms with Crippen molar-refractivity contribution in [3.8, 4) is 0 Å². The van der Waals surface area contributed by atoms with Crippen LogP contribution in [-0.4, -0.2) is 60.7 Å². The molecule has 11 heteroatoms. The highest BCUT2D eigenvalue weighted by atomic mass is 32.2. The Labute approximate surface area is 190 Å². The first kappa shape index (κ1) is 23.7. The van der Waals surface area contributed by atoms with Crippen LogP contribution in [0.2, 0.25) is 0 Å². The molecule has 1 aromatic carbocycles. The zero-order valence-corrected chi connectivity index (χ0v) is 19.6. The van der Waals surface area contributed by atoms with Crippen LogP contribution in [-0.2, 0) is 19.6 Å². The van der Waals surface area contributed by atoms with Crippen LogP contribution in [0.5, 0.6) is 0 Å². The Hall–Kier alpha value is -1.95. The standard InChI is InChI=1S/C20H26N4O4S3/c1-29-12-9-17(19(26)23-20-21-10-13-30-20)22-18(25)15-6-5-11-24(14-15)31(27,28)16-7-3-2-4-8-16/h2-4,7-8,10,13,15,17H,5-6,9,11-12,14H2,1H3,(H,22,25)(H,21,23,26)/t15-,17+/m1/s1. The fourth-order valence-electron chi connectivity index (χ4n) is 3.39. The van der Waals surface area contributed by atoms with Gasteiger partial charge in [0.05, 0.1) is 10.8 Å².